The highest BCUT2D eigenvalue weighted by molar-refractivity contribution is 5.69. The largest absolute Gasteiger partial charge is 0.309 e. The van der Waals surface area contributed by atoms with Gasteiger partial charge in [-0.15, -0.1) is 0 Å². The van der Waals surface area contributed by atoms with Crippen LogP contribution in [0.25, 0.3) is 0 Å². The summed E-state index contributed by atoms with van der Waals surface area (Å²) < 4.78 is 0. The van der Waals surface area contributed by atoms with E-state index in [4.69, 9.17) is 5.41 Å². The molecule has 0 aromatic heterocycles. The summed E-state index contributed by atoms with van der Waals surface area (Å²) in [6.45, 7) is 3.70. The zero-order valence-corrected chi connectivity index (χ0v) is 5.18. The molecule has 0 heterocycles. The Morgan fingerprint density at radius 1 is 1.62 bits per heavy atom. The molecule has 0 aliphatic heterocycles. The summed E-state index contributed by atoms with van der Waals surface area (Å²) in [5.74, 6) is 0. The summed E-state index contributed by atoms with van der Waals surface area (Å²) in [5.41, 5.74) is 0.863. The van der Waals surface area contributed by atoms with Gasteiger partial charge in [0.05, 0.1) is 0 Å². The second-order valence-corrected chi connectivity index (χ2v) is 1.36. The van der Waals surface area contributed by atoms with Gasteiger partial charge in [-0.3, -0.25) is 4.99 Å². The van der Waals surface area contributed by atoms with E-state index in [0.29, 0.717) is 0 Å². The van der Waals surface area contributed by atoms with Crippen molar-refractivity contribution in [3.8, 4) is 0 Å². The first kappa shape index (κ1) is 7.08. The van der Waals surface area contributed by atoms with Gasteiger partial charge < -0.3 is 5.41 Å². The van der Waals surface area contributed by atoms with Crippen LogP contribution in [0.5, 0.6) is 0 Å². The molecule has 8 heavy (non-hydrogen) atoms. The molecule has 2 nitrogen and oxygen atoms in total. The van der Waals surface area contributed by atoms with Gasteiger partial charge in [-0.05, 0) is 19.9 Å². The van der Waals surface area contributed by atoms with Gasteiger partial charge in [0, 0.05) is 18.1 Å². The predicted molar refractivity (Wildman–Crippen MR) is 36.7 cm³/mol. The Balaban J connectivity index is 3.79. The molecule has 0 spiro atoms. The van der Waals surface area contributed by atoms with E-state index in [1.807, 2.05) is 13.8 Å². The van der Waals surface area contributed by atoms with Gasteiger partial charge in [0.2, 0.25) is 0 Å². The second kappa shape index (κ2) is 4.24. The van der Waals surface area contributed by atoms with Gasteiger partial charge in [-0.1, -0.05) is 0 Å². The fourth-order valence-electron chi connectivity index (χ4n) is 0.367. The van der Waals surface area contributed by atoms with Crippen LogP contribution in [0.2, 0.25) is 0 Å². The normalized spacial score (nSPS) is 12.5. The maximum atomic E-state index is 6.64. The van der Waals surface area contributed by atoms with Gasteiger partial charge in [0.25, 0.3) is 0 Å². The zero-order chi connectivity index (χ0) is 6.41. The molecule has 0 aromatic carbocycles. The topological polar surface area (TPSA) is 36.2 Å². The summed E-state index contributed by atoms with van der Waals surface area (Å²) in [6.07, 6.45) is 4.57. The maximum absolute atomic E-state index is 6.64. The first-order valence-electron chi connectivity index (χ1n) is 2.47. The Morgan fingerprint density at radius 3 is 2.62 bits per heavy atom. The van der Waals surface area contributed by atoms with Gasteiger partial charge in [-0.25, -0.2) is 0 Å². The van der Waals surface area contributed by atoms with E-state index in [1.54, 1.807) is 12.3 Å². The van der Waals surface area contributed by atoms with E-state index in [0.717, 1.165) is 5.70 Å². The van der Waals surface area contributed by atoms with E-state index < -0.39 is 0 Å². The monoisotopic (exact) mass is 110 g/mol. The Labute approximate surface area is 49.5 Å². The van der Waals surface area contributed by atoms with Crippen LogP contribution >= 0.6 is 0 Å². The molecule has 0 atom stereocenters. The molecule has 0 bridgehead atoms. The second-order valence-electron chi connectivity index (χ2n) is 1.36. The van der Waals surface area contributed by atoms with Crippen molar-refractivity contribution < 1.29 is 0 Å². The molecule has 0 aliphatic carbocycles. The van der Waals surface area contributed by atoms with Crippen molar-refractivity contribution in [2.24, 2.45) is 4.99 Å². The quantitative estimate of drug-likeness (QED) is 0.524. The van der Waals surface area contributed by atoms with Crippen molar-refractivity contribution >= 4 is 12.4 Å². The SMILES string of the molecule is C/C=N\C(C)=C/C=N. The van der Waals surface area contributed by atoms with Crippen LogP contribution in [0.1, 0.15) is 13.8 Å². The fraction of sp³-hybridized carbons (Fsp3) is 0.333. The van der Waals surface area contributed by atoms with Crippen molar-refractivity contribution in [1.82, 2.24) is 0 Å². The van der Waals surface area contributed by atoms with Crippen LogP contribution in [-0.4, -0.2) is 12.4 Å². The third-order valence-corrected chi connectivity index (χ3v) is 0.657. The highest BCUT2D eigenvalue weighted by Gasteiger charge is 1.73. The highest BCUT2D eigenvalue weighted by Crippen LogP contribution is 1.88. The third kappa shape index (κ3) is 3.28. The van der Waals surface area contributed by atoms with Crippen molar-refractivity contribution in [3.05, 3.63) is 11.8 Å². The first-order valence-corrected chi connectivity index (χ1v) is 2.47. The number of hydrogen-bond donors (Lipinski definition) is 1. The molecule has 0 radical (unpaired) electrons. The number of nitrogens with one attached hydrogen (secondary N) is 1. The standard InChI is InChI=1S/C6H10N2/c1-3-8-6(2)4-5-7/h3-5,7H,1-2H3/b6-4-,7-5?,8-3-. The van der Waals surface area contributed by atoms with Gasteiger partial charge in [0.1, 0.15) is 0 Å². The Hall–Kier alpha value is -0.920. The van der Waals surface area contributed by atoms with Crippen LogP contribution in [0.15, 0.2) is 16.8 Å². The lowest BCUT2D eigenvalue weighted by molar-refractivity contribution is 1.32. The van der Waals surface area contributed by atoms with Crippen LogP contribution in [-0.2, 0) is 0 Å². The molecular formula is C6H10N2. The maximum Gasteiger partial charge on any atom is 0.0383 e. The van der Waals surface area contributed by atoms with Gasteiger partial charge in [-0.2, -0.15) is 0 Å². The summed E-state index contributed by atoms with van der Waals surface area (Å²) in [7, 11) is 0. The molecule has 1 N–H and O–H groups in total. The molecule has 0 aliphatic rings. The number of aliphatic imine (C=N–C) groups is 1. The van der Waals surface area contributed by atoms with Crippen LogP contribution < -0.4 is 0 Å². The number of rotatable bonds is 2. The molecule has 0 saturated heterocycles. The lowest BCUT2D eigenvalue weighted by Crippen LogP contribution is -1.69. The van der Waals surface area contributed by atoms with Crippen LogP contribution in [0, 0.1) is 5.41 Å². The Bertz CT molecular complexity index is 122. The lowest BCUT2D eigenvalue weighted by atomic mass is 10.5. The minimum atomic E-state index is 0.863. The molecule has 44 valence electrons. The average molecular weight is 110 g/mol. The van der Waals surface area contributed by atoms with Crippen molar-refractivity contribution in [3.63, 3.8) is 0 Å². The zero-order valence-electron chi connectivity index (χ0n) is 5.18. The third-order valence-electron chi connectivity index (χ3n) is 0.657. The summed E-state index contributed by atoms with van der Waals surface area (Å²) >= 11 is 0. The summed E-state index contributed by atoms with van der Waals surface area (Å²) in [6, 6.07) is 0. The van der Waals surface area contributed by atoms with Crippen molar-refractivity contribution in [2.75, 3.05) is 0 Å². The molecule has 0 aromatic rings. The van der Waals surface area contributed by atoms with Crippen LogP contribution in [0.3, 0.4) is 0 Å². The summed E-state index contributed by atoms with van der Waals surface area (Å²) in [4.78, 5) is 3.90. The lowest BCUT2D eigenvalue weighted by Gasteiger charge is -1.82. The molecule has 0 fully saturated rings. The highest BCUT2D eigenvalue weighted by atomic mass is 14.7. The molecule has 0 amide bonds. The molecule has 2 heteroatoms. The number of hydrogen-bond acceptors (Lipinski definition) is 2. The van der Waals surface area contributed by atoms with E-state index in [9.17, 15) is 0 Å². The fourth-order valence-corrected chi connectivity index (χ4v) is 0.367. The molecular weight excluding hydrogens is 100 g/mol. The van der Waals surface area contributed by atoms with Crippen molar-refractivity contribution in [1.29, 1.82) is 5.41 Å². The van der Waals surface area contributed by atoms with E-state index in [1.165, 1.54) is 6.21 Å². The molecule has 0 rings (SSSR count). The first-order chi connectivity index (χ1) is 3.81. The minimum Gasteiger partial charge on any atom is -0.309 e. The van der Waals surface area contributed by atoms with Crippen LogP contribution in [0.4, 0.5) is 0 Å². The number of nitrogens with zero attached hydrogens (tertiary/aromatic N) is 1. The molecule has 0 unspecified atom stereocenters. The minimum absolute atomic E-state index is 0.863. The Kier molecular flexibility index (Phi) is 3.76. The van der Waals surface area contributed by atoms with Gasteiger partial charge in [0.15, 0.2) is 0 Å². The number of allylic oxidation sites excluding steroid dienone is 2. The van der Waals surface area contributed by atoms with E-state index in [2.05, 4.69) is 4.99 Å². The smallest absolute Gasteiger partial charge is 0.0383 e. The molecule has 0 saturated carbocycles. The van der Waals surface area contributed by atoms with E-state index in [-0.39, 0.29) is 0 Å². The van der Waals surface area contributed by atoms with Crippen molar-refractivity contribution in [2.45, 2.75) is 13.8 Å². The average Bonchev–Trinajstić information content (AvgIpc) is 1.68. The predicted octanol–water partition coefficient (Wildman–Crippen LogP) is 1.63. The summed E-state index contributed by atoms with van der Waals surface area (Å²) in [5, 5.41) is 6.64. The van der Waals surface area contributed by atoms with Gasteiger partial charge >= 0.3 is 0 Å². The Morgan fingerprint density at radius 2 is 2.25 bits per heavy atom. The van der Waals surface area contributed by atoms with E-state index >= 15 is 0 Å².